The molecule has 0 aliphatic carbocycles. The molecular formula is C12H11BrClFN2O2S. The van der Waals surface area contributed by atoms with Gasteiger partial charge in [0.2, 0.25) is 0 Å². The van der Waals surface area contributed by atoms with Crippen LogP contribution in [0.4, 0.5) is 4.39 Å². The summed E-state index contributed by atoms with van der Waals surface area (Å²) in [6, 6.07) is 4.34. The van der Waals surface area contributed by atoms with Crippen molar-refractivity contribution in [2.45, 2.75) is 24.9 Å². The molecule has 1 heterocycles. The normalized spacial score (nSPS) is 11.8. The Kier molecular flexibility index (Phi) is 4.51. The minimum Gasteiger partial charge on any atom is -0.329 e. The number of aryl methyl sites for hydroxylation is 1. The third-order valence-electron chi connectivity index (χ3n) is 2.75. The van der Waals surface area contributed by atoms with Gasteiger partial charge >= 0.3 is 0 Å². The molecule has 4 nitrogen and oxygen atoms in total. The van der Waals surface area contributed by atoms with Gasteiger partial charge in [-0.2, -0.15) is 0 Å². The quantitative estimate of drug-likeness (QED) is 0.763. The third-order valence-corrected chi connectivity index (χ3v) is 4.70. The maximum absolute atomic E-state index is 13.3. The Hall–Kier alpha value is -0.920. The molecule has 0 aliphatic heterocycles. The Morgan fingerprint density at radius 3 is 2.75 bits per heavy atom. The first-order valence-corrected chi connectivity index (χ1v) is 8.86. The summed E-state index contributed by atoms with van der Waals surface area (Å²) in [5, 5.41) is -0.191. The molecule has 20 heavy (non-hydrogen) atoms. The van der Waals surface area contributed by atoms with Gasteiger partial charge in [-0.05, 0) is 23.8 Å². The van der Waals surface area contributed by atoms with Gasteiger partial charge in [-0.1, -0.05) is 22.9 Å². The van der Waals surface area contributed by atoms with E-state index in [-0.39, 0.29) is 10.8 Å². The highest BCUT2D eigenvalue weighted by atomic mass is 79.9. The Morgan fingerprint density at radius 1 is 1.45 bits per heavy atom. The average Bonchev–Trinajstić information content (AvgIpc) is 2.77. The topological polar surface area (TPSA) is 52.0 Å². The van der Waals surface area contributed by atoms with Crippen LogP contribution in [0.1, 0.15) is 18.3 Å². The lowest BCUT2D eigenvalue weighted by Gasteiger charge is -2.08. The van der Waals surface area contributed by atoms with E-state index in [1.807, 2.05) is 6.92 Å². The number of imidazole rings is 1. The lowest BCUT2D eigenvalue weighted by molar-refractivity contribution is 0.606. The predicted molar refractivity (Wildman–Crippen MR) is 77.8 cm³/mol. The molecule has 0 radical (unpaired) electrons. The van der Waals surface area contributed by atoms with Gasteiger partial charge in [0, 0.05) is 27.8 Å². The fraction of sp³-hybridized carbons (Fsp3) is 0.250. The Morgan fingerprint density at radius 2 is 2.15 bits per heavy atom. The molecule has 1 aromatic carbocycles. The molecule has 0 saturated carbocycles. The lowest BCUT2D eigenvalue weighted by Crippen LogP contribution is -2.04. The summed E-state index contributed by atoms with van der Waals surface area (Å²) in [5.74, 6) is 0.215. The van der Waals surface area contributed by atoms with E-state index in [1.54, 1.807) is 10.6 Å². The summed E-state index contributed by atoms with van der Waals surface area (Å²) in [6.07, 6.45) is 1.90. The maximum atomic E-state index is 13.3. The van der Waals surface area contributed by atoms with E-state index in [2.05, 4.69) is 20.9 Å². The largest absolute Gasteiger partial charge is 0.329 e. The highest BCUT2D eigenvalue weighted by Crippen LogP contribution is 2.21. The summed E-state index contributed by atoms with van der Waals surface area (Å²) in [4.78, 5) is 3.98. The van der Waals surface area contributed by atoms with Gasteiger partial charge in [0.15, 0.2) is 5.03 Å². The summed E-state index contributed by atoms with van der Waals surface area (Å²) >= 11 is 3.34. The van der Waals surface area contributed by atoms with E-state index in [1.165, 1.54) is 18.3 Å². The second-order valence-corrected chi connectivity index (χ2v) is 7.52. The van der Waals surface area contributed by atoms with E-state index < -0.39 is 9.05 Å². The zero-order valence-electron chi connectivity index (χ0n) is 10.5. The minimum atomic E-state index is -3.87. The molecule has 0 fully saturated rings. The van der Waals surface area contributed by atoms with Gasteiger partial charge < -0.3 is 4.57 Å². The minimum absolute atomic E-state index is 0.191. The monoisotopic (exact) mass is 380 g/mol. The van der Waals surface area contributed by atoms with Crippen molar-refractivity contribution in [1.82, 2.24) is 9.55 Å². The first kappa shape index (κ1) is 15.5. The first-order valence-electron chi connectivity index (χ1n) is 5.76. The number of halogens is 3. The summed E-state index contributed by atoms with van der Waals surface area (Å²) in [5.41, 5.74) is 0.690. The van der Waals surface area contributed by atoms with Gasteiger partial charge in [0.05, 0.1) is 6.54 Å². The zero-order valence-corrected chi connectivity index (χ0v) is 13.6. The predicted octanol–water partition coefficient (Wildman–Crippen LogP) is 3.32. The molecule has 8 heteroatoms. The molecule has 0 spiro atoms. The van der Waals surface area contributed by atoms with Gasteiger partial charge in [-0.3, -0.25) is 0 Å². The van der Waals surface area contributed by atoms with Gasteiger partial charge in [-0.15, -0.1) is 0 Å². The van der Waals surface area contributed by atoms with Crippen LogP contribution in [0.25, 0.3) is 0 Å². The van der Waals surface area contributed by atoms with Crippen molar-refractivity contribution in [1.29, 1.82) is 0 Å². The van der Waals surface area contributed by atoms with Crippen molar-refractivity contribution >= 4 is 35.7 Å². The third kappa shape index (κ3) is 3.39. The molecule has 108 valence electrons. The van der Waals surface area contributed by atoms with E-state index in [0.717, 1.165) is 4.47 Å². The summed E-state index contributed by atoms with van der Waals surface area (Å²) in [7, 11) is 1.42. The molecule has 2 rings (SSSR count). The van der Waals surface area contributed by atoms with Crippen molar-refractivity contribution in [3.8, 4) is 0 Å². The molecule has 0 aliphatic rings. The number of hydrogen-bond acceptors (Lipinski definition) is 3. The highest BCUT2D eigenvalue weighted by Gasteiger charge is 2.17. The van der Waals surface area contributed by atoms with Crippen LogP contribution < -0.4 is 0 Å². The molecule has 0 unspecified atom stereocenters. The fourth-order valence-corrected chi connectivity index (χ4v) is 2.88. The summed E-state index contributed by atoms with van der Waals surface area (Å²) < 4.78 is 38.3. The Bertz CT molecular complexity index is 746. The van der Waals surface area contributed by atoms with Gasteiger partial charge in [-0.25, -0.2) is 17.8 Å². The van der Waals surface area contributed by atoms with Crippen LogP contribution in [0.5, 0.6) is 0 Å². The van der Waals surface area contributed by atoms with Crippen molar-refractivity contribution in [2.24, 2.45) is 0 Å². The number of nitrogens with zero attached hydrogens (tertiary/aromatic N) is 2. The fourth-order valence-electron chi connectivity index (χ4n) is 1.81. The number of benzene rings is 1. The van der Waals surface area contributed by atoms with Crippen LogP contribution in [0.3, 0.4) is 0 Å². The van der Waals surface area contributed by atoms with Crippen molar-refractivity contribution in [2.75, 3.05) is 0 Å². The van der Waals surface area contributed by atoms with E-state index >= 15 is 0 Å². The van der Waals surface area contributed by atoms with Crippen LogP contribution in [-0.2, 0) is 22.0 Å². The van der Waals surface area contributed by atoms with Crippen molar-refractivity contribution in [3.05, 3.63) is 46.1 Å². The second-order valence-electron chi connectivity index (χ2n) is 4.15. The maximum Gasteiger partial charge on any atom is 0.280 e. The SMILES string of the molecule is CCc1nc(S(=O)(=O)Cl)cn1Cc1cc(F)ccc1Br. The molecule has 2 aromatic rings. The van der Waals surface area contributed by atoms with E-state index in [0.29, 0.717) is 24.4 Å². The zero-order chi connectivity index (χ0) is 14.9. The van der Waals surface area contributed by atoms with Crippen molar-refractivity contribution < 1.29 is 12.8 Å². The Labute approximate surface area is 129 Å². The van der Waals surface area contributed by atoms with E-state index in [9.17, 15) is 12.8 Å². The van der Waals surface area contributed by atoms with Crippen LogP contribution in [0.2, 0.25) is 0 Å². The standard InChI is InChI=1S/C12H11BrClFN2O2S/c1-2-11-16-12(20(14,18)19)7-17(11)6-8-5-9(15)3-4-10(8)13/h3-5,7H,2,6H2,1H3. The molecular weight excluding hydrogens is 371 g/mol. The number of aromatic nitrogens is 2. The molecule has 0 N–H and O–H groups in total. The van der Waals surface area contributed by atoms with Gasteiger partial charge in [0.25, 0.3) is 9.05 Å². The lowest BCUT2D eigenvalue weighted by atomic mass is 10.2. The molecule has 0 amide bonds. The van der Waals surface area contributed by atoms with E-state index in [4.69, 9.17) is 10.7 Å². The second kappa shape index (κ2) is 5.83. The van der Waals surface area contributed by atoms with Crippen molar-refractivity contribution in [3.63, 3.8) is 0 Å². The molecule has 0 saturated heterocycles. The molecule has 1 aromatic heterocycles. The molecule has 0 atom stereocenters. The number of hydrogen-bond donors (Lipinski definition) is 0. The van der Waals surface area contributed by atoms with Crippen LogP contribution >= 0.6 is 26.6 Å². The van der Waals surface area contributed by atoms with Crippen LogP contribution in [0.15, 0.2) is 33.9 Å². The van der Waals surface area contributed by atoms with Gasteiger partial charge in [0.1, 0.15) is 11.6 Å². The highest BCUT2D eigenvalue weighted by molar-refractivity contribution is 9.10. The first-order chi connectivity index (χ1) is 9.31. The average molecular weight is 382 g/mol. The summed E-state index contributed by atoms with van der Waals surface area (Å²) in [6.45, 7) is 2.16. The Balaban J connectivity index is 2.43. The molecule has 0 bridgehead atoms. The van der Waals surface area contributed by atoms with Crippen LogP contribution in [0, 0.1) is 5.82 Å². The van der Waals surface area contributed by atoms with Crippen LogP contribution in [-0.4, -0.2) is 18.0 Å². The smallest absolute Gasteiger partial charge is 0.280 e. The number of rotatable bonds is 4.